The molecule has 8 nitrogen and oxygen atoms in total. The number of halogens is 1. The first kappa shape index (κ1) is 31.0. The van der Waals surface area contributed by atoms with Crippen LogP contribution in [0.4, 0.5) is 17.1 Å². The van der Waals surface area contributed by atoms with Crippen LogP contribution in [-0.4, -0.2) is 23.1 Å². The number of anilines is 1. The lowest BCUT2D eigenvalue weighted by Gasteiger charge is -2.16. The summed E-state index contributed by atoms with van der Waals surface area (Å²) in [6.45, 7) is 4.39. The SMILES string of the molecule is CCc1ccc(N=C2S/C(=C\c3cc(Br)c(OCc4ccc([N+](=O)[O-])cc4)c(OC)c3)C(=O)N2c2ccc(CC)cc2)cc1. The Labute approximate surface area is 268 Å². The Morgan fingerprint density at radius 2 is 1.55 bits per heavy atom. The number of hydrogen-bond acceptors (Lipinski definition) is 7. The van der Waals surface area contributed by atoms with Crippen LogP contribution in [0.5, 0.6) is 11.5 Å². The summed E-state index contributed by atoms with van der Waals surface area (Å²) in [6, 6.07) is 25.8. The molecular formula is C34H30BrN3O5S. The van der Waals surface area contributed by atoms with E-state index < -0.39 is 4.92 Å². The normalized spacial score (nSPS) is 14.8. The molecule has 1 fully saturated rings. The van der Waals surface area contributed by atoms with E-state index in [1.807, 2.05) is 60.7 Å². The van der Waals surface area contributed by atoms with Crippen LogP contribution in [-0.2, 0) is 24.2 Å². The number of non-ortho nitro benzene ring substituents is 1. The Kier molecular flexibility index (Phi) is 9.82. The van der Waals surface area contributed by atoms with Gasteiger partial charge in [-0.25, -0.2) is 4.99 Å². The molecule has 0 saturated carbocycles. The number of methoxy groups -OCH3 is 1. The zero-order valence-electron chi connectivity index (χ0n) is 24.5. The van der Waals surface area contributed by atoms with Gasteiger partial charge in [-0.1, -0.05) is 38.1 Å². The summed E-state index contributed by atoms with van der Waals surface area (Å²) < 4.78 is 12.3. The first-order valence-corrected chi connectivity index (χ1v) is 15.6. The van der Waals surface area contributed by atoms with Crippen LogP contribution in [0.3, 0.4) is 0 Å². The van der Waals surface area contributed by atoms with Crippen LogP contribution < -0.4 is 14.4 Å². The van der Waals surface area contributed by atoms with Crippen LogP contribution in [0.2, 0.25) is 0 Å². The number of carbonyl (C=O) groups is 1. The molecule has 1 amide bonds. The number of nitro groups is 1. The highest BCUT2D eigenvalue weighted by Crippen LogP contribution is 2.41. The van der Waals surface area contributed by atoms with Gasteiger partial charge in [0, 0.05) is 12.1 Å². The van der Waals surface area contributed by atoms with Gasteiger partial charge in [-0.2, -0.15) is 0 Å². The summed E-state index contributed by atoms with van der Waals surface area (Å²) in [6.07, 6.45) is 3.66. The van der Waals surface area contributed by atoms with Crippen LogP contribution >= 0.6 is 27.7 Å². The van der Waals surface area contributed by atoms with Crippen molar-refractivity contribution < 1.29 is 19.2 Å². The summed E-state index contributed by atoms with van der Waals surface area (Å²) >= 11 is 4.91. The Hall–Kier alpha value is -4.41. The highest BCUT2D eigenvalue weighted by atomic mass is 79.9. The maximum absolute atomic E-state index is 13.8. The highest BCUT2D eigenvalue weighted by Gasteiger charge is 2.35. The number of nitrogens with zero attached hydrogens (tertiary/aromatic N) is 3. The van der Waals surface area contributed by atoms with Crippen LogP contribution in [0, 0.1) is 10.1 Å². The fraction of sp³-hybridized carbons (Fsp3) is 0.176. The lowest BCUT2D eigenvalue weighted by atomic mass is 10.1. The number of hydrogen-bond donors (Lipinski definition) is 0. The molecule has 1 heterocycles. The lowest BCUT2D eigenvalue weighted by molar-refractivity contribution is -0.384. The van der Waals surface area contributed by atoms with E-state index in [0.29, 0.717) is 26.0 Å². The summed E-state index contributed by atoms with van der Waals surface area (Å²) in [5.41, 5.74) is 5.45. The third-order valence-corrected chi connectivity index (χ3v) is 8.62. The van der Waals surface area contributed by atoms with Gasteiger partial charge in [0.05, 0.1) is 32.8 Å². The van der Waals surface area contributed by atoms with Crippen molar-refractivity contribution in [2.45, 2.75) is 33.3 Å². The molecule has 0 bridgehead atoms. The van der Waals surface area contributed by atoms with Crippen LogP contribution in [0.1, 0.15) is 36.1 Å². The minimum atomic E-state index is -0.440. The van der Waals surface area contributed by atoms with Crippen molar-refractivity contribution in [3.05, 3.63) is 127 Å². The number of rotatable bonds is 10. The zero-order chi connectivity index (χ0) is 31.2. The molecular weight excluding hydrogens is 642 g/mol. The smallest absolute Gasteiger partial charge is 0.271 e. The minimum absolute atomic E-state index is 0.0170. The summed E-state index contributed by atoms with van der Waals surface area (Å²) in [5.74, 6) is 0.783. The molecule has 0 aromatic heterocycles. The molecule has 44 heavy (non-hydrogen) atoms. The summed E-state index contributed by atoms with van der Waals surface area (Å²) in [5, 5.41) is 11.5. The maximum atomic E-state index is 13.8. The van der Waals surface area contributed by atoms with Gasteiger partial charge in [-0.3, -0.25) is 19.8 Å². The largest absolute Gasteiger partial charge is 0.493 e. The van der Waals surface area contributed by atoms with Gasteiger partial charge in [0.15, 0.2) is 16.7 Å². The topological polar surface area (TPSA) is 94.3 Å². The molecule has 5 rings (SSSR count). The number of thioether (sulfide) groups is 1. The fourth-order valence-electron chi connectivity index (χ4n) is 4.56. The average Bonchev–Trinajstić information content (AvgIpc) is 3.34. The zero-order valence-corrected chi connectivity index (χ0v) is 26.9. The third-order valence-electron chi connectivity index (χ3n) is 7.06. The van der Waals surface area contributed by atoms with Crippen molar-refractivity contribution in [2.24, 2.45) is 4.99 Å². The van der Waals surface area contributed by atoms with Crippen molar-refractivity contribution in [1.29, 1.82) is 0 Å². The monoisotopic (exact) mass is 671 g/mol. The molecule has 224 valence electrons. The van der Waals surface area contributed by atoms with E-state index >= 15 is 0 Å². The van der Waals surface area contributed by atoms with E-state index in [-0.39, 0.29) is 18.2 Å². The molecule has 0 aliphatic carbocycles. The van der Waals surface area contributed by atoms with E-state index in [1.165, 1.54) is 35.0 Å². The molecule has 0 N–H and O–H groups in total. The van der Waals surface area contributed by atoms with Crippen molar-refractivity contribution >= 4 is 61.9 Å². The van der Waals surface area contributed by atoms with Crippen molar-refractivity contribution in [2.75, 3.05) is 12.0 Å². The van der Waals surface area contributed by atoms with Gasteiger partial charge in [0.25, 0.3) is 11.6 Å². The Morgan fingerprint density at radius 1 is 0.932 bits per heavy atom. The standard InChI is InChI=1S/C34H30BrN3O5S/c1-4-22-6-12-26(13-7-22)36-34-37(27-14-8-23(5-2)9-15-27)33(39)31(44-34)20-25-18-29(35)32(30(19-25)42-3)43-21-24-10-16-28(17-11-24)38(40)41/h6-20H,4-5,21H2,1-3H3/b31-20-,36-34?. The van der Waals surface area contributed by atoms with Crippen molar-refractivity contribution in [3.8, 4) is 11.5 Å². The van der Waals surface area contributed by atoms with Gasteiger partial charge >= 0.3 is 0 Å². The molecule has 0 unspecified atom stereocenters. The van der Waals surface area contributed by atoms with Gasteiger partial charge in [-0.05, 0) is 117 Å². The number of amidine groups is 1. The number of aryl methyl sites for hydroxylation is 2. The summed E-state index contributed by atoms with van der Waals surface area (Å²) in [7, 11) is 1.54. The second-order valence-electron chi connectivity index (χ2n) is 9.93. The Morgan fingerprint density at radius 3 is 2.14 bits per heavy atom. The van der Waals surface area contributed by atoms with Gasteiger partial charge in [0.1, 0.15) is 6.61 Å². The molecule has 1 aliphatic rings. The molecule has 10 heteroatoms. The van der Waals surface area contributed by atoms with Gasteiger partial charge in [0.2, 0.25) is 0 Å². The number of aliphatic imine (C=N–C) groups is 1. The minimum Gasteiger partial charge on any atom is -0.493 e. The first-order valence-electron chi connectivity index (χ1n) is 14.0. The number of ether oxygens (including phenoxy) is 2. The number of benzene rings is 4. The average molecular weight is 673 g/mol. The Balaban J connectivity index is 1.44. The second kappa shape index (κ2) is 13.9. The quantitative estimate of drug-likeness (QED) is 0.0949. The van der Waals surface area contributed by atoms with Gasteiger partial charge in [-0.15, -0.1) is 0 Å². The predicted octanol–water partition coefficient (Wildman–Crippen LogP) is 8.88. The molecule has 4 aromatic carbocycles. The highest BCUT2D eigenvalue weighted by molar-refractivity contribution is 9.10. The first-order chi connectivity index (χ1) is 21.3. The lowest BCUT2D eigenvalue weighted by Crippen LogP contribution is -2.28. The third kappa shape index (κ3) is 7.03. The van der Waals surface area contributed by atoms with E-state index in [0.717, 1.165) is 35.3 Å². The summed E-state index contributed by atoms with van der Waals surface area (Å²) in [4.78, 5) is 31.4. The molecule has 0 atom stereocenters. The number of carbonyl (C=O) groups excluding carboxylic acids is 1. The van der Waals surface area contributed by atoms with E-state index in [9.17, 15) is 14.9 Å². The van der Waals surface area contributed by atoms with Crippen molar-refractivity contribution in [1.82, 2.24) is 0 Å². The molecule has 0 radical (unpaired) electrons. The van der Waals surface area contributed by atoms with E-state index in [4.69, 9.17) is 14.5 Å². The molecule has 1 aliphatic heterocycles. The number of nitro benzene ring substituents is 1. The van der Waals surface area contributed by atoms with E-state index in [2.05, 4.69) is 29.8 Å². The Bertz CT molecular complexity index is 1740. The maximum Gasteiger partial charge on any atom is 0.271 e. The van der Waals surface area contributed by atoms with Crippen LogP contribution in [0.15, 0.2) is 99.3 Å². The fourth-order valence-corrected chi connectivity index (χ4v) is 6.13. The molecule has 1 saturated heterocycles. The second-order valence-corrected chi connectivity index (χ2v) is 11.8. The van der Waals surface area contributed by atoms with Gasteiger partial charge < -0.3 is 9.47 Å². The van der Waals surface area contributed by atoms with E-state index in [1.54, 1.807) is 30.2 Å². The van der Waals surface area contributed by atoms with Crippen LogP contribution in [0.25, 0.3) is 6.08 Å². The predicted molar refractivity (Wildman–Crippen MR) is 180 cm³/mol. The van der Waals surface area contributed by atoms with Crippen molar-refractivity contribution in [3.63, 3.8) is 0 Å². The number of amides is 1. The molecule has 4 aromatic rings. The molecule has 0 spiro atoms.